The van der Waals surface area contributed by atoms with Gasteiger partial charge in [0.15, 0.2) is 0 Å². The summed E-state index contributed by atoms with van der Waals surface area (Å²) in [4.78, 5) is 24.0. The maximum atomic E-state index is 12.7. The predicted molar refractivity (Wildman–Crippen MR) is 103 cm³/mol. The number of aryl methyl sites for hydroxylation is 2. The van der Waals surface area contributed by atoms with Crippen molar-refractivity contribution in [1.29, 1.82) is 0 Å². The van der Waals surface area contributed by atoms with E-state index in [1.807, 2.05) is 6.92 Å². The molecule has 0 radical (unpaired) electrons. The van der Waals surface area contributed by atoms with E-state index in [1.165, 1.54) is 0 Å². The number of amides is 1. The van der Waals surface area contributed by atoms with Crippen molar-refractivity contribution in [2.24, 2.45) is 0 Å². The van der Waals surface area contributed by atoms with Gasteiger partial charge in [-0.1, -0.05) is 12.1 Å². The molecule has 27 heavy (non-hydrogen) atoms. The van der Waals surface area contributed by atoms with E-state index >= 15 is 0 Å². The molecule has 0 aromatic heterocycles. The van der Waals surface area contributed by atoms with Gasteiger partial charge in [-0.25, -0.2) is 0 Å². The summed E-state index contributed by atoms with van der Waals surface area (Å²) in [5.41, 5.74) is 2.48. The highest BCUT2D eigenvalue weighted by Crippen LogP contribution is 2.26. The number of carbonyl (C=O) groups is 2. The largest absolute Gasteiger partial charge is 0.508 e. The minimum absolute atomic E-state index is 0.191. The summed E-state index contributed by atoms with van der Waals surface area (Å²) in [5, 5.41) is 12.6. The highest BCUT2D eigenvalue weighted by Gasteiger charge is 2.14. The number of rotatable bonds is 8. The summed E-state index contributed by atoms with van der Waals surface area (Å²) in [5.74, 6) is 0.0809. The molecular formula is C21H25NO5. The molecule has 6 nitrogen and oxygen atoms in total. The molecule has 1 amide bonds. The fraction of sp³-hybridized carbons (Fsp3) is 0.333. The Balaban J connectivity index is 2.03. The van der Waals surface area contributed by atoms with Crippen LogP contribution >= 0.6 is 0 Å². The van der Waals surface area contributed by atoms with E-state index in [2.05, 4.69) is 5.32 Å². The Kier molecular flexibility index (Phi) is 7.23. The first-order valence-corrected chi connectivity index (χ1v) is 8.91. The molecule has 0 atom stereocenters. The third-order valence-corrected chi connectivity index (χ3v) is 4.01. The van der Waals surface area contributed by atoms with Crippen LogP contribution in [0.4, 0.5) is 5.69 Å². The molecule has 0 aliphatic heterocycles. The number of hydrogen-bond donors (Lipinski definition) is 2. The first-order valence-electron chi connectivity index (χ1n) is 8.91. The third-order valence-electron chi connectivity index (χ3n) is 4.01. The topological polar surface area (TPSA) is 84.9 Å². The van der Waals surface area contributed by atoms with Crippen LogP contribution < -0.4 is 10.1 Å². The maximum Gasteiger partial charge on any atom is 0.305 e. The van der Waals surface area contributed by atoms with Gasteiger partial charge in [0.25, 0.3) is 5.91 Å². The fourth-order valence-corrected chi connectivity index (χ4v) is 2.54. The number of benzene rings is 2. The summed E-state index contributed by atoms with van der Waals surface area (Å²) >= 11 is 0. The molecule has 2 aromatic rings. The second-order valence-corrected chi connectivity index (χ2v) is 6.16. The Bertz CT molecular complexity index is 816. The van der Waals surface area contributed by atoms with Gasteiger partial charge in [-0.05, 0) is 62.6 Å². The summed E-state index contributed by atoms with van der Waals surface area (Å²) in [6, 6.07) is 10.3. The fourth-order valence-electron chi connectivity index (χ4n) is 2.54. The lowest BCUT2D eigenvalue weighted by Crippen LogP contribution is -2.15. The molecular weight excluding hydrogens is 346 g/mol. The van der Waals surface area contributed by atoms with Gasteiger partial charge in [-0.15, -0.1) is 0 Å². The smallest absolute Gasteiger partial charge is 0.305 e. The molecule has 0 heterocycles. The number of carbonyl (C=O) groups excluding carboxylic acids is 2. The Hall–Kier alpha value is -3.02. The van der Waals surface area contributed by atoms with E-state index in [0.29, 0.717) is 42.2 Å². The summed E-state index contributed by atoms with van der Waals surface area (Å²) in [7, 11) is 0. The van der Waals surface area contributed by atoms with E-state index in [4.69, 9.17) is 9.47 Å². The van der Waals surface area contributed by atoms with Crippen molar-refractivity contribution in [1.82, 2.24) is 0 Å². The molecule has 0 aliphatic rings. The highest BCUT2D eigenvalue weighted by molar-refractivity contribution is 6.06. The molecule has 0 spiro atoms. The lowest BCUT2D eigenvalue weighted by molar-refractivity contribution is -0.143. The minimum atomic E-state index is -0.302. The SMILES string of the molecule is CCOC(=O)CCCOc1ccccc1C(=O)Nc1cc(C)c(O)cc1C. The van der Waals surface area contributed by atoms with Crippen LogP contribution in [0.3, 0.4) is 0 Å². The number of hydrogen-bond acceptors (Lipinski definition) is 5. The first kappa shape index (κ1) is 20.3. The molecule has 0 saturated carbocycles. The van der Waals surface area contributed by atoms with Crippen LogP contribution in [0.2, 0.25) is 0 Å². The van der Waals surface area contributed by atoms with Gasteiger partial charge in [0.2, 0.25) is 0 Å². The molecule has 0 saturated heterocycles. The van der Waals surface area contributed by atoms with Crippen LogP contribution in [0, 0.1) is 13.8 Å². The van der Waals surface area contributed by atoms with Crippen LogP contribution in [0.25, 0.3) is 0 Å². The van der Waals surface area contributed by atoms with Crippen molar-refractivity contribution in [2.45, 2.75) is 33.6 Å². The molecule has 2 rings (SSSR count). The van der Waals surface area contributed by atoms with Crippen LogP contribution in [0.1, 0.15) is 41.3 Å². The Labute approximate surface area is 159 Å². The molecule has 0 fully saturated rings. The Morgan fingerprint density at radius 3 is 2.59 bits per heavy atom. The van der Waals surface area contributed by atoms with Gasteiger partial charge in [0.1, 0.15) is 11.5 Å². The van der Waals surface area contributed by atoms with Gasteiger partial charge < -0.3 is 19.9 Å². The lowest BCUT2D eigenvalue weighted by Gasteiger charge is -2.14. The number of aromatic hydroxyl groups is 1. The maximum absolute atomic E-state index is 12.7. The number of para-hydroxylation sites is 1. The summed E-state index contributed by atoms with van der Waals surface area (Å²) in [6.07, 6.45) is 0.777. The number of ether oxygens (including phenoxy) is 2. The van der Waals surface area contributed by atoms with Crippen LogP contribution in [-0.4, -0.2) is 30.2 Å². The molecule has 2 aromatic carbocycles. The number of anilines is 1. The van der Waals surface area contributed by atoms with Crippen LogP contribution in [-0.2, 0) is 9.53 Å². The summed E-state index contributed by atoms with van der Waals surface area (Å²) in [6.45, 7) is 6.01. The number of esters is 1. The monoisotopic (exact) mass is 371 g/mol. The second-order valence-electron chi connectivity index (χ2n) is 6.16. The average Bonchev–Trinajstić information content (AvgIpc) is 2.64. The molecule has 0 bridgehead atoms. The zero-order valence-corrected chi connectivity index (χ0v) is 15.9. The van der Waals surface area contributed by atoms with E-state index in [1.54, 1.807) is 50.2 Å². The van der Waals surface area contributed by atoms with E-state index in [0.717, 1.165) is 5.56 Å². The number of nitrogens with one attached hydrogen (secondary N) is 1. The van der Waals surface area contributed by atoms with Crippen molar-refractivity contribution in [3.8, 4) is 11.5 Å². The van der Waals surface area contributed by atoms with Crippen molar-refractivity contribution in [2.75, 3.05) is 18.5 Å². The van der Waals surface area contributed by atoms with Gasteiger partial charge in [0, 0.05) is 12.1 Å². The normalized spacial score (nSPS) is 10.3. The van der Waals surface area contributed by atoms with Gasteiger partial charge in [-0.3, -0.25) is 9.59 Å². The molecule has 6 heteroatoms. The van der Waals surface area contributed by atoms with Crippen LogP contribution in [0.15, 0.2) is 36.4 Å². The van der Waals surface area contributed by atoms with Gasteiger partial charge in [0.05, 0.1) is 18.8 Å². The molecule has 144 valence electrons. The number of phenols is 1. The second kappa shape index (κ2) is 9.62. The van der Waals surface area contributed by atoms with E-state index in [9.17, 15) is 14.7 Å². The Morgan fingerprint density at radius 2 is 1.85 bits per heavy atom. The van der Waals surface area contributed by atoms with Crippen molar-refractivity contribution < 1.29 is 24.2 Å². The molecule has 2 N–H and O–H groups in total. The van der Waals surface area contributed by atoms with E-state index in [-0.39, 0.29) is 24.0 Å². The third kappa shape index (κ3) is 5.74. The standard InChI is InChI=1S/C21H25NO5/c1-4-26-20(24)10-7-11-27-19-9-6-5-8-16(19)21(25)22-17-12-15(3)18(23)13-14(17)2/h5-6,8-9,12-13,23H,4,7,10-11H2,1-3H3,(H,22,25). The Morgan fingerprint density at radius 1 is 1.11 bits per heavy atom. The summed E-state index contributed by atoms with van der Waals surface area (Å²) < 4.78 is 10.6. The van der Waals surface area contributed by atoms with Crippen molar-refractivity contribution in [3.05, 3.63) is 53.1 Å². The van der Waals surface area contributed by atoms with Gasteiger partial charge in [-0.2, -0.15) is 0 Å². The van der Waals surface area contributed by atoms with E-state index < -0.39 is 0 Å². The van der Waals surface area contributed by atoms with Crippen LogP contribution in [0.5, 0.6) is 11.5 Å². The predicted octanol–water partition coefficient (Wildman–Crippen LogP) is 3.98. The average molecular weight is 371 g/mol. The zero-order chi connectivity index (χ0) is 19.8. The van der Waals surface area contributed by atoms with Crippen molar-refractivity contribution >= 4 is 17.6 Å². The minimum Gasteiger partial charge on any atom is -0.508 e. The molecule has 0 unspecified atom stereocenters. The first-order chi connectivity index (χ1) is 12.9. The lowest BCUT2D eigenvalue weighted by atomic mass is 10.1. The number of phenolic OH excluding ortho intramolecular Hbond substituents is 1. The quantitative estimate of drug-likeness (QED) is 0.416. The zero-order valence-electron chi connectivity index (χ0n) is 15.9. The molecule has 0 aliphatic carbocycles. The van der Waals surface area contributed by atoms with Crippen molar-refractivity contribution in [3.63, 3.8) is 0 Å². The van der Waals surface area contributed by atoms with Gasteiger partial charge >= 0.3 is 5.97 Å². The highest BCUT2D eigenvalue weighted by atomic mass is 16.5.